The van der Waals surface area contributed by atoms with Crippen molar-refractivity contribution in [1.29, 1.82) is 0 Å². The van der Waals surface area contributed by atoms with Gasteiger partial charge in [-0.25, -0.2) is 9.97 Å². The lowest BCUT2D eigenvalue weighted by Crippen LogP contribution is -2.31. The van der Waals surface area contributed by atoms with Crippen LogP contribution in [0.3, 0.4) is 0 Å². The molecular weight excluding hydrogens is 328 g/mol. The second-order valence-corrected chi connectivity index (χ2v) is 7.18. The first-order valence-electron chi connectivity index (χ1n) is 9.27. The number of aromatic nitrogens is 5. The third-order valence-electron chi connectivity index (χ3n) is 4.94. The Balaban J connectivity index is 1.42. The van der Waals surface area contributed by atoms with Crippen molar-refractivity contribution in [3.63, 3.8) is 0 Å². The van der Waals surface area contributed by atoms with Gasteiger partial charge in [-0.3, -0.25) is 9.89 Å². The summed E-state index contributed by atoms with van der Waals surface area (Å²) in [5.74, 6) is 2.90. The Hall–Kier alpha value is -2.70. The Morgan fingerprint density at radius 2 is 2.15 bits per heavy atom. The van der Waals surface area contributed by atoms with E-state index in [1.165, 1.54) is 0 Å². The van der Waals surface area contributed by atoms with Gasteiger partial charge < -0.3 is 9.88 Å². The number of aryl methyl sites for hydroxylation is 1. The van der Waals surface area contributed by atoms with Gasteiger partial charge in [0.25, 0.3) is 0 Å². The number of carbonyl (C=O) groups is 1. The fourth-order valence-corrected chi connectivity index (χ4v) is 3.54. The number of nitrogens with one attached hydrogen (secondary N) is 2. The molecule has 1 saturated heterocycles. The molecule has 1 aromatic carbocycles. The Bertz CT molecular complexity index is 879. The van der Waals surface area contributed by atoms with E-state index in [2.05, 4.69) is 39.0 Å². The van der Waals surface area contributed by atoms with E-state index in [0.717, 1.165) is 47.9 Å². The fourth-order valence-electron chi connectivity index (χ4n) is 3.54. The van der Waals surface area contributed by atoms with E-state index in [4.69, 9.17) is 0 Å². The van der Waals surface area contributed by atoms with Crippen LogP contribution >= 0.6 is 0 Å². The zero-order chi connectivity index (χ0) is 18.1. The molecule has 1 fully saturated rings. The molecule has 0 bridgehead atoms. The van der Waals surface area contributed by atoms with Crippen LogP contribution in [0.2, 0.25) is 0 Å². The summed E-state index contributed by atoms with van der Waals surface area (Å²) in [5.41, 5.74) is 1.95. The Morgan fingerprint density at radius 3 is 2.92 bits per heavy atom. The van der Waals surface area contributed by atoms with Gasteiger partial charge in [0.05, 0.1) is 17.1 Å². The Morgan fingerprint density at radius 1 is 1.31 bits per heavy atom. The lowest BCUT2D eigenvalue weighted by atomic mass is 10.2. The monoisotopic (exact) mass is 352 g/mol. The van der Waals surface area contributed by atoms with Crippen molar-refractivity contribution in [2.45, 2.75) is 51.5 Å². The second kappa shape index (κ2) is 6.90. The number of aromatic amines is 2. The third-order valence-corrected chi connectivity index (χ3v) is 4.94. The number of rotatable bonds is 5. The van der Waals surface area contributed by atoms with Gasteiger partial charge in [0.1, 0.15) is 11.6 Å². The number of amides is 1. The molecule has 1 aliphatic heterocycles. The van der Waals surface area contributed by atoms with Crippen molar-refractivity contribution in [3.05, 3.63) is 41.7 Å². The van der Waals surface area contributed by atoms with Crippen LogP contribution in [0.25, 0.3) is 11.0 Å². The van der Waals surface area contributed by atoms with Crippen LogP contribution < -0.4 is 0 Å². The van der Waals surface area contributed by atoms with Crippen LogP contribution in [-0.2, 0) is 11.2 Å². The molecule has 7 nitrogen and oxygen atoms in total. The van der Waals surface area contributed by atoms with Gasteiger partial charge in [-0.05, 0) is 25.0 Å². The van der Waals surface area contributed by atoms with E-state index in [0.29, 0.717) is 12.8 Å². The molecule has 1 amide bonds. The molecular formula is C19H24N6O. The summed E-state index contributed by atoms with van der Waals surface area (Å²) < 4.78 is 0. The standard InChI is InChI=1S/C19H24N6O/c1-12(2)18-22-19(24-23-18)15-8-5-11-25(15)17(26)10-9-16-20-13-6-3-4-7-14(13)21-16/h3-4,6-7,12,15H,5,8-11H2,1-2H3,(H,20,21)(H,22,23,24)/t15-/m0/s1. The summed E-state index contributed by atoms with van der Waals surface area (Å²) >= 11 is 0. The van der Waals surface area contributed by atoms with Crippen LogP contribution in [0.15, 0.2) is 24.3 Å². The van der Waals surface area contributed by atoms with Gasteiger partial charge in [-0.2, -0.15) is 5.10 Å². The average molecular weight is 352 g/mol. The molecule has 2 aromatic heterocycles. The number of hydrogen-bond acceptors (Lipinski definition) is 4. The lowest BCUT2D eigenvalue weighted by Gasteiger charge is -2.22. The molecule has 0 aliphatic carbocycles. The highest BCUT2D eigenvalue weighted by Crippen LogP contribution is 2.31. The third kappa shape index (κ3) is 3.21. The normalized spacial score (nSPS) is 17.5. The minimum atomic E-state index is 0.0122. The zero-order valence-corrected chi connectivity index (χ0v) is 15.2. The molecule has 0 spiro atoms. The molecule has 3 aromatic rings. The molecule has 0 unspecified atom stereocenters. The zero-order valence-electron chi connectivity index (χ0n) is 15.2. The molecule has 136 valence electrons. The summed E-state index contributed by atoms with van der Waals surface area (Å²) in [7, 11) is 0. The number of nitrogens with zero attached hydrogens (tertiary/aromatic N) is 4. The summed E-state index contributed by atoms with van der Waals surface area (Å²) in [6.07, 6.45) is 2.99. The molecule has 1 aliphatic rings. The minimum absolute atomic E-state index is 0.0122. The van der Waals surface area contributed by atoms with Crippen molar-refractivity contribution in [3.8, 4) is 0 Å². The average Bonchev–Trinajstić information content (AvgIpc) is 3.37. The van der Waals surface area contributed by atoms with Gasteiger partial charge in [-0.1, -0.05) is 26.0 Å². The number of carbonyl (C=O) groups excluding carboxylic acids is 1. The smallest absolute Gasteiger partial charge is 0.223 e. The van der Waals surface area contributed by atoms with Crippen molar-refractivity contribution in [2.24, 2.45) is 0 Å². The lowest BCUT2D eigenvalue weighted by molar-refractivity contribution is -0.132. The first-order chi connectivity index (χ1) is 12.6. The predicted octanol–water partition coefficient (Wildman–Crippen LogP) is 3.10. The summed E-state index contributed by atoms with van der Waals surface area (Å²) in [5, 5.41) is 7.31. The highest BCUT2D eigenvalue weighted by molar-refractivity contribution is 5.78. The van der Waals surface area contributed by atoms with E-state index < -0.39 is 0 Å². The van der Waals surface area contributed by atoms with Gasteiger partial charge in [0.15, 0.2) is 5.82 Å². The van der Waals surface area contributed by atoms with Crippen LogP contribution in [0, 0.1) is 0 Å². The molecule has 4 rings (SSSR count). The molecule has 3 heterocycles. The van der Waals surface area contributed by atoms with Crippen LogP contribution in [0.5, 0.6) is 0 Å². The largest absolute Gasteiger partial charge is 0.342 e. The maximum absolute atomic E-state index is 12.8. The molecule has 1 atom stereocenters. The highest BCUT2D eigenvalue weighted by Gasteiger charge is 2.32. The van der Waals surface area contributed by atoms with E-state index in [9.17, 15) is 4.79 Å². The SMILES string of the molecule is CC(C)c1n[nH]c([C@@H]2CCCN2C(=O)CCc2nc3ccccc3[nH]2)n1. The van der Waals surface area contributed by atoms with Crippen LogP contribution in [0.1, 0.15) is 62.5 Å². The summed E-state index contributed by atoms with van der Waals surface area (Å²) in [6, 6.07) is 7.94. The van der Waals surface area contributed by atoms with Crippen LogP contribution in [-0.4, -0.2) is 42.5 Å². The molecule has 7 heteroatoms. The molecule has 0 radical (unpaired) electrons. The van der Waals surface area contributed by atoms with Crippen molar-refractivity contribution in [2.75, 3.05) is 6.54 Å². The fraction of sp³-hybridized carbons (Fsp3) is 0.474. The van der Waals surface area contributed by atoms with Crippen molar-refractivity contribution < 1.29 is 4.79 Å². The van der Waals surface area contributed by atoms with Gasteiger partial charge in [-0.15, -0.1) is 0 Å². The van der Waals surface area contributed by atoms with E-state index >= 15 is 0 Å². The number of fused-ring (bicyclic) bond motifs is 1. The predicted molar refractivity (Wildman–Crippen MR) is 98.6 cm³/mol. The van der Waals surface area contributed by atoms with Gasteiger partial charge in [0, 0.05) is 25.3 Å². The quantitative estimate of drug-likeness (QED) is 0.738. The first-order valence-corrected chi connectivity index (χ1v) is 9.27. The highest BCUT2D eigenvalue weighted by atomic mass is 16.2. The number of likely N-dealkylation sites (tertiary alicyclic amines) is 1. The number of benzene rings is 1. The van der Waals surface area contributed by atoms with Gasteiger partial charge >= 0.3 is 0 Å². The maximum atomic E-state index is 12.8. The van der Waals surface area contributed by atoms with E-state index in [-0.39, 0.29) is 17.9 Å². The number of hydrogen-bond donors (Lipinski definition) is 2. The van der Waals surface area contributed by atoms with E-state index in [1.807, 2.05) is 29.2 Å². The topological polar surface area (TPSA) is 90.6 Å². The van der Waals surface area contributed by atoms with Crippen molar-refractivity contribution >= 4 is 16.9 Å². The number of imidazole rings is 1. The van der Waals surface area contributed by atoms with Crippen LogP contribution in [0.4, 0.5) is 0 Å². The van der Waals surface area contributed by atoms with E-state index in [1.54, 1.807) is 0 Å². The molecule has 0 saturated carbocycles. The van der Waals surface area contributed by atoms with Gasteiger partial charge in [0.2, 0.25) is 5.91 Å². The Labute approximate surface area is 152 Å². The number of para-hydroxylation sites is 2. The Kier molecular flexibility index (Phi) is 4.44. The summed E-state index contributed by atoms with van der Waals surface area (Å²) in [4.78, 5) is 27.2. The molecule has 26 heavy (non-hydrogen) atoms. The maximum Gasteiger partial charge on any atom is 0.223 e. The molecule has 2 N–H and O–H groups in total. The second-order valence-electron chi connectivity index (χ2n) is 7.18. The minimum Gasteiger partial charge on any atom is -0.342 e. The number of H-pyrrole nitrogens is 2. The summed E-state index contributed by atoms with van der Waals surface area (Å²) in [6.45, 7) is 4.91. The van der Waals surface area contributed by atoms with Crippen molar-refractivity contribution in [1.82, 2.24) is 30.0 Å². The first kappa shape index (κ1) is 16.8.